The van der Waals surface area contributed by atoms with Crippen molar-refractivity contribution >= 4 is 11.5 Å². The molecule has 0 bridgehead atoms. The van der Waals surface area contributed by atoms with Crippen molar-refractivity contribution in [3.63, 3.8) is 0 Å². The fourth-order valence-corrected chi connectivity index (χ4v) is 1.57. The van der Waals surface area contributed by atoms with Crippen LogP contribution in [0.1, 0.15) is 34.6 Å². The Balaban J connectivity index is 2.73. The predicted octanol–water partition coefficient (Wildman–Crippen LogP) is 2.70. The Labute approximate surface area is 122 Å². The molecule has 5 nitrogen and oxygen atoms in total. The minimum Gasteiger partial charge on any atom is -0.470 e. The number of pyridine rings is 1. The van der Waals surface area contributed by atoms with Gasteiger partial charge in [-0.1, -0.05) is 0 Å². The maximum atomic E-state index is 5.91. The molecule has 0 saturated heterocycles. The molecule has 0 fully saturated rings. The fraction of sp³-hybridized carbons (Fsp3) is 0.667. The average molecular weight is 281 g/mol. The molecule has 1 aromatic rings. The monoisotopic (exact) mass is 281 g/mol. The van der Waals surface area contributed by atoms with E-state index in [1.165, 1.54) is 0 Å². The van der Waals surface area contributed by atoms with E-state index in [-0.39, 0.29) is 11.7 Å². The van der Waals surface area contributed by atoms with E-state index < -0.39 is 0 Å². The van der Waals surface area contributed by atoms with Crippen molar-refractivity contribution in [1.29, 1.82) is 0 Å². The second-order valence-electron chi connectivity index (χ2n) is 6.12. The largest absolute Gasteiger partial charge is 0.470 e. The summed E-state index contributed by atoms with van der Waals surface area (Å²) in [4.78, 5) is 6.50. The van der Waals surface area contributed by atoms with Crippen LogP contribution in [0.4, 0.5) is 11.5 Å². The van der Waals surface area contributed by atoms with E-state index in [0.29, 0.717) is 18.2 Å². The Hall–Kier alpha value is -1.49. The summed E-state index contributed by atoms with van der Waals surface area (Å²) in [5.74, 6) is 1.30. The molecule has 0 radical (unpaired) electrons. The van der Waals surface area contributed by atoms with E-state index >= 15 is 0 Å². The molecule has 0 aromatic carbocycles. The number of nitrogens with zero attached hydrogens (tertiary/aromatic N) is 2. The van der Waals surface area contributed by atoms with Gasteiger partial charge >= 0.3 is 0 Å². The van der Waals surface area contributed by atoms with Crippen molar-refractivity contribution in [2.24, 2.45) is 0 Å². The van der Waals surface area contributed by atoms with Crippen LogP contribution in [0.3, 0.4) is 0 Å². The smallest absolute Gasteiger partial charge is 0.239 e. The SMILES string of the molecule is CC(C)OCCN(C)c1ccc(N)c(OC(C)(C)C)n1. The van der Waals surface area contributed by atoms with Crippen LogP contribution in [0.25, 0.3) is 0 Å². The summed E-state index contributed by atoms with van der Waals surface area (Å²) in [5, 5.41) is 0. The van der Waals surface area contributed by atoms with Crippen LogP contribution in [0.2, 0.25) is 0 Å². The van der Waals surface area contributed by atoms with Gasteiger partial charge in [0.2, 0.25) is 5.88 Å². The third-order valence-corrected chi connectivity index (χ3v) is 2.55. The average Bonchev–Trinajstić information content (AvgIpc) is 2.29. The Morgan fingerprint density at radius 1 is 1.30 bits per heavy atom. The third kappa shape index (κ3) is 5.65. The van der Waals surface area contributed by atoms with Gasteiger partial charge in [-0.25, -0.2) is 0 Å². The van der Waals surface area contributed by atoms with E-state index in [1.807, 2.05) is 58.7 Å². The molecule has 1 aromatic heterocycles. The van der Waals surface area contributed by atoms with Crippen molar-refractivity contribution in [3.05, 3.63) is 12.1 Å². The van der Waals surface area contributed by atoms with Gasteiger partial charge in [-0.15, -0.1) is 0 Å². The molecule has 0 aliphatic carbocycles. The summed E-state index contributed by atoms with van der Waals surface area (Å²) in [6.45, 7) is 11.4. The lowest BCUT2D eigenvalue weighted by molar-refractivity contribution is 0.0844. The first-order valence-electron chi connectivity index (χ1n) is 6.97. The second kappa shape index (κ2) is 6.79. The molecule has 0 amide bonds. The Bertz CT molecular complexity index is 428. The molecule has 2 N–H and O–H groups in total. The summed E-state index contributed by atoms with van der Waals surface area (Å²) < 4.78 is 11.3. The molecule has 0 aliphatic rings. The molecule has 0 aliphatic heterocycles. The number of nitrogens with two attached hydrogens (primary N) is 1. The minimum absolute atomic E-state index is 0.238. The van der Waals surface area contributed by atoms with Gasteiger partial charge in [0.25, 0.3) is 0 Å². The molecule has 0 saturated carbocycles. The van der Waals surface area contributed by atoms with Crippen molar-refractivity contribution in [2.75, 3.05) is 30.8 Å². The molecule has 114 valence electrons. The quantitative estimate of drug-likeness (QED) is 0.868. The first-order chi connectivity index (χ1) is 9.19. The van der Waals surface area contributed by atoms with Gasteiger partial charge in [-0.05, 0) is 46.8 Å². The number of hydrogen-bond donors (Lipinski definition) is 1. The molecule has 1 rings (SSSR count). The highest BCUT2D eigenvalue weighted by Crippen LogP contribution is 2.26. The van der Waals surface area contributed by atoms with Crippen LogP contribution in [0.5, 0.6) is 5.88 Å². The van der Waals surface area contributed by atoms with Crippen LogP contribution in [0.15, 0.2) is 12.1 Å². The highest BCUT2D eigenvalue weighted by atomic mass is 16.5. The number of likely N-dealkylation sites (N-methyl/N-ethyl adjacent to an activating group) is 1. The van der Waals surface area contributed by atoms with Crippen molar-refractivity contribution in [3.8, 4) is 5.88 Å². The maximum absolute atomic E-state index is 5.91. The number of rotatable bonds is 6. The van der Waals surface area contributed by atoms with Gasteiger partial charge in [0.15, 0.2) is 0 Å². The van der Waals surface area contributed by atoms with Gasteiger partial charge in [0.1, 0.15) is 11.4 Å². The van der Waals surface area contributed by atoms with Crippen LogP contribution >= 0.6 is 0 Å². The van der Waals surface area contributed by atoms with Crippen LogP contribution in [-0.4, -0.2) is 36.9 Å². The first-order valence-corrected chi connectivity index (χ1v) is 6.97. The van der Waals surface area contributed by atoms with E-state index in [1.54, 1.807) is 0 Å². The van der Waals surface area contributed by atoms with Crippen LogP contribution in [-0.2, 0) is 4.74 Å². The number of anilines is 2. The normalized spacial score (nSPS) is 11.8. The second-order valence-corrected chi connectivity index (χ2v) is 6.12. The zero-order valence-electron chi connectivity index (χ0n) is 13.4. The zero-order chi connectivity index (χ0) is 15.3. The van der Waals surface area contributed by atoms with Crippen LogP contribution < -0.4 is 15.4 Å². The number of ether oxygens (including phenoxy) is 2. The van der Waals surface area contributed by atoms with E-state index in [0.717, 1.165) is 12.4 Å². The number of nitrogen functional groups attached to an aromatic ring is 1. The van der Waals surface area contributed by atoms with Crippen molar-refractivity contribution < 1.29 is 9.47 Å². The highest BCUT2D eigenvalue weighted by molar-refractivity contribution is 5.54. The lowest BCUT2D eigenvalue weighted by Gasteiger charge is -2.24. The lowest BCUT2D eigenvalue weighted by atomic mass is 10.2. The van der Waals surface area contributed by atoms with Gasteiger partial charge in [-0.3, -0.25) is 0 Å². The summed E-state index contributed by atoms with van der Waals surface area (Å²) >= 11 is 0. The molecule has 1 heterocycles. The summed E-state index contributed by atoms with van der Waals surface area (Å²) in [7, 11) is 1.98. The summed E-state index contributed by atoms with van der Waals surface area (Å²) in [6.07, 6.45) is 0.238. The molecular formula is C15H27N3O2. The van der Waals surface area contributed by atoms with Gasteiger partial charge in [0, 0.05) is 13.6 Å². The lowest BCUT2D eigenvalue weighted by Crippen LogP contribution is -2.27. The summed E-state index contributed by atoms with van der Waals surface area (Å²) in [6, 6.07) is 3.71. The van der Waals surface area contributed by atoms with Gasteiger partial charge < -0.3 is 20.1 Å². The van der Waals surface area contributed by atoms with E-state index in [4.69, 9.17) is 15.2 Å². The Morgan fingerprint density at radius 3 is 2.50 bits per heavy atom. The van der Waals surface area contributed by atoms with Gasteiger partial charge in [-0.2, -0.15) is 4.98 Å². The summed E-state index contributed by atoms with van der Waals surface area (Å²) in [5.41, 5.74) is 6.14. The molecular weight excluding hydrogens is 254 g/mol. The van der Waals surface area contributed by atoms with Crippen LogP contribution in [0, 0.1) is 0 Å². The molecule has 20 heavy (non-hydrogen) atoms. The molecule has 0 atom stereocenters. The molecule has 0 spiro atoms. The van der Waals surface area contributed by atoms with E-state index in [2.05, 4.69) is 4.98 Å². The van der Waals surface area contributed by atoms with Crippen molar-refractivity contribution in [2.45, 2.75) is 46.3 Å². The molecule has 0 unspecified atom stereocenters. The number of aromatic nitrogens is 1. The zero-order valence-corrected chi connectivity index (χ0v) is 13.4. The maximum Gasteiger partial charge on any atom is 0.239 e. The molecule has 5 heteroatoms. The predicted molar refractivity (Wildman–Crippen MR) is 83.4 cm³/mol. The van der Waals surface area contributed by atoms with Gasteiger partial charge in [0.05, 0.1) is 18.4 Å². The topological polar surface area (TPSA) is 60.6 Å². The number of hydrogen-bond acceptors (Lipinski definition) is 5. The minimum atomic E-state index is -0.320. The van der Waals surface area contributed by atoms with Crippen molar-refractivity contribution in [1.82, 2.24) is 4.98 Å². The Morgan fingerprint density at radius 2 is 1.95 bits per heavy atom. The highest BCUT2D eigenvalue weighted by Gasteiger charge is 2.16. The first kappa shape index (κ1) is 16.6. The standard InChI is InChI=1S/C15H27N3O2/c1-11(2)19-10-9-18(6)13-8-7-12(16)14(17-13)20-15(3,4)5/h7-8,11H,9-10,16H2,1-6H3. The van der Waals surface area contributed by atoms with E-state index in [9.17, 15) is 0 Å². The Kier molecular flexibility index (Phi) is 5.62. The third-order valence-electron chi connectivity index (χ3n) is 2.55. The fourth-order valence-electron chi connectivity index (χ4n) is 1.57.